The van der Waals surface area contributed by atoms with E-state index in [0.717, 1.165) is 50.3 Å². The third kappa shape index (κ3) is 8.09. The number of halogens is 3. The van der Waals surface area contributed by atoms with Crippen LogP contribution < -0.4 is 20.1 Å². The van der Waals surface area contributed by atoms with Crippen LogP contribution in [0.3, 0.4) is 0 Å². The number of carboxylic acids is 1. The molecule has 3 unspecified atom stereocenters. The molecule has 2 heterocycles. The molecule has 2 aromatic carbocycles. The number of fused-ring (bicyclic) bond motifs is 1. The summed E-state index contributed by atoms with van der Waals surface area (Å²) in [7, 11) is 4.76. The summed E-state index contributed by atoms with van der Waals surface area (Å²) in [5, 5.41) is 16.3. The summed E-state index contributed by atoms with van der Waals surface area (Å²) in [6.07, 6.45) is -1.02. The fraction of sp³-hybridized carbons (Fsp3) is 0.406. The monoisotopic (exact) mass is 679 g/mol. The van der Waals surface area contributed by atoms with Gasteiger partial charge in [-0.25, -0.2) is 9.59 Å². The number of nitrogens with zero attached hydrogens (tertiary/aromatic N) is 1. The minimum absolute atomic E-state index is 0.0208. The highest BCUT2D eigenvalue weighted by molar-refractivity contribution is 7.80. The minimum Gasteiger partial charge on any atom is -0.493 e. The highest BCUT2D eigenvalue weighted by Crippen LogP contribution is 2.50. The van der Waals surface area contributed by atoms with Gasteiger partial charge in [-0.2, -0.15) is 13.2 Å². The van der Waals surface area contributed by atoms with Crippen molar-refractivity contribution in [2.45, 2.75) is 55.9 Å². The van der Waals surface area contributed by atoms with Crippen molar-refractivity contribution in [3.8, 4) is 11.5 Å². The van der Waals surface area contributed by atoms with Gasteiger partial charge in [0.05, 0.1) is 27.0 Å². The molecule has 3 N–H and O–H groups in total. The van der Waals surface area contributed by atoms with E-state index in [2.05, 4.69) is 58.0 Å². The van der Waals surface area contributed by atoms with E-state index in [0.29, 0.717) is 21.7 Å². The lowest BCUT2D eigenvalue weighted by Crippen LogP contribution is -2.52. The van der Waals surface area contributed by atoms with Gasteiger partial charge < -0.3 is 30.0 Å². The Hall–Kier alpha value is -3.88. The van der Waals surface area contributed by atoms with Crippen LogP contribution in [0.15, 0.2) is 60.0 Å². The first-order valence-corrected chi connectivity index (χ1v) is 15.7. The number of thiocarbonyl (C=S) groups is 1. The summed E-state index contributed by atoms with van der Waals surface area (Å²) in [6.45, 7) is 1.94. The SMILES string of the molecule is COC(=O)c1sccc1NC(=S)NC1CCC2(c3ccc(OC)c(OC)c3)CCN(Cc3ccccc3)C2C1.O=C(O)C(F)(F)F. The van der Waals surface area contributed by atoms with Crippen LogP contribution in [-0.2, 0) is 21.5 Å². The Morgan fingerprint density at radius 1 is 1.07 bits per heavy atom. The second kappa shape index (κ2) is 15.1. The quantitative estimate of drug-likeness (QED) is 0.187. The van der Waals surface area contributed by atoms with E-state index in [-0.39, 0.29) is 17.4 Å². The number of rotatable bonds is 8. The largest absolute Gasteiger partial charge is 0.493 e. The van der Waals surface area contributed by atoms with E-state index in [4.69, 9.17) is 36.3 Å². The van der Waals surface area contributed by atoms with E-state index in [1.165, 1.54) is 29.6 Å². The number of carbonyl (C=O) groups excluding carboxylic acids is 1. The average molecular weight is 680 g/mol. The maximum Gasteiger partial charge on any atom is 0.490 e. The Labute approximate surface area is 274 Å². The first-order chi connectivity index (χ1) is 21.9. The molecule has 3 atom stereocenters. The molecular formula is C32H36F3N3O6S2. The number of hydrogen-bond donors (Lipinski definition) is 3. The van der Waals surface area contributed by atoms with Gasteiger partial charge in [0.2, 0.25) is 0 Å². The predicted molar refractivity (Wildman–Crippen MR) is 173 cm³/mol. The molecule has 2 fully saturated rings. The summed E-state index contributed by atoms with van der Waals surface area (Å²) in [5.74, 6) is -1.60. The van der Waals surface area contributed by atoms with Gasteiger partial charge in [0.1, 0.15) is 4.88 Å². The van der Waals surface area contributed by atoms with Gasteiger partial charge in [-0.15, -0.1) is 11.3 Å². The standard InChI is InChI=1S/C30H35N3O4S2.C2HF3O2/c1-35-24-10-9-21(17-25(24)36-2)30-13-11-22(31-29(38)32-23-12-16-39-27(23)28(34)37-3)18-26(30)33(15-14-30)19-20-7-5-4-6-8-20;3-2(4,5)1(6)7/h4-10,12,16-17,22,26H,11,13-15,18-19H2,1-3H3,(H2,31,32,38);(H,6,7). The Balaban J connectivity index is 0.000000617. The van der Waals surface area contributed by atoms with Gasteiger partial charge in [-0.3, -0.25) is 4.90 Å². The van der Waals surface area contributed by atoms with E-state index in [1.54, 1.807) is 14.2 Å². The van der Waals surface area contributed by atoms with Crippen molar-refractivity contribution >= 4 is 46.3 Å². The molecule has 248 valence electrons. The molecule has 5 rings (SSSR count). The maximum absolute atomic E-state index is 12.1. The smallest absolute Gasteiger partial charge is 0.490 e. The summed E-state index contributed by atoms with van der Waals surface area (Å²) in [5.41, 5.74) is 3.32. The number of benzene rings is 2. The molecule has 2 aliphatic rings. The number of aliphatic carboxylic acids is 1. The van der Waals surface area contributed by atoms with Crippen molar-refractivity contribution in [1.82, 2.24) is 10.2 Å². The van der Waals surface area contributed by atoms with Gasteiger partial charge in [0.15, 0.2) is 16.6 Å². The lowest BCUT2D eigenvalue weighted by atomic mass is 9.65. The molecular weight excluding hydrogens is 643 g/mol. The molecule has 14 heteroatoms. The topological polar surface area (TPSA) is 109 Å². The summed E-state index contributed by atoms with van der Waals surface area (Å²) < 4.78 is 47.9. The van der Waals surface area contributed by atoms with Crippen LogP contribution in [0, 0.1) is 0 Å². The van der Waals surface area contributed by atoms with Crippen LogP contribution in [0.4, 0.5) is 18.9 Å². The lowest BCUT2D eigenvalue weighted by molar-refractivity contribution is -0.192. The van der Waals surface area contributed by atoms with Crippen LogP contribution >= 0.6 is 23.6 Å². The van der Waals surface area contributed by atoms with E-state index in [9.17, 15) is 18.0 Å². The lowest BCUT2D eigenvalue weighted by Gasteiger charge is -2.46. The molecule has 9 nitrogen and oxygen atoms in total. The van der Waals surface area contributed by atoms with Crippen molar-refractivity contribution in [1.29, 1.82) is 0 Å². The zero-order valence-corrected chi connectivity index (χ0v) is 27.2. The minimum atomic E-state index is -5.08. The van der Waals surface area contributed by atoms with Crippen molar-refractivity contribution in [2.75, 3.05) is 33.2 Å². The first-order valence-electron chi connectivity index (χ1n) is 14.5. The van der Waals surface area contributed by atoms with Crippen molar-refractivity contribution < 1.29 is 42.1 Å². The third-order valence-corrected chi connectivity index (χ3v) is 9.53. The molecule has 1 aromatic heterocycles. The molecule has 0 amide bonds. The maximum atomic E-state index is 12.1. The predicted octanol–water partition coefficient (Wildman–Crippen LogP) is 6.24. The van der Waals surface area contributed by atoms with E-state index >= 15 is 0 Å². The second-order valence-corrected chi connectivity index (χ2v) is 12.3. The number of anilines is 1. The van der Waals surface area contributed by atoms with Crippen molar-refractivity contribution in [3.05, 3.63) is 76.0 Å². The van der Waals surface area contributed by atoms with Crippen molar-refractivity contribution in [2.24, 2.45) is 0 Å². The number of esters is 1. The number of ether oxygens (including phenoxy) is 3. The fourth-order valence-electron chi connectivity index (χ4n) is 6.27. The molecule has 0 bridgehead atoms. The number of nitrogens with one attached hydrogen (secondary N) is 2. The Morgan fingerprint density at radius 3 is 2.39 bits per heavy atom. The molecule has 1 saturated heterocycles. The summed E-state index contributed by atoms with van der Waals surface area (Å²) in [6, 6.07) is 19.5. The molecule has 1 saturated carbocycles. The molecule has 0 spiro atoms. The van der Waals surface area contributed by atoms with Crippen LogP contribution in [0.2, 0.25) is 0 Å². The van der Waals surface area contributed by atoms with Crippen LogP contribution in [0.5, 0.6) is 11.5 Å². The number of thiophene rings is 1. The van der Waals surface area contributed by atoms with E-state index < -0.39 is 12.1 Å². The molecule has 3 aromatic rings. The fourth-order valence-corrected chi connectivity index (χ4v) is 7.31. The van der Waals surface area contributed by atoms with Crippen LogP contribution in [0.25, 0.3) is 0 Å². The van der Waals surface area contributed by atoms with Gasteiger partial charge in [0.25, 0.3) is 0 Å². The van der Waals surface area contributed by atoms with Crippen LogP contribution in [0.1, 0.15) is 46.5 Å². The number of carbonyl (C=O) groups is 2. The summed E-state index contributed by atoms with van der Waals surface area (Å²) >= 11 is 7.02. The Morgan fingerprint density at radius 2 is 1.76 bits per heavy atom. The summed E-state index contributed by atoms with van der Waals surface area (Å²) in [4.78, 5) is 24.1. The number of likely N-dealkylation sites (tertiary alicyclic amines) is 1. The zero-order chi connectivity index (χ0) is 33.5. The number of methoxy groups -OCH3 is 3. The van der Waals surface area contributed by atoms with Gasteiger partial charge in [0, 0.05) is 24.0 Å². The Kier molecular flexibility index (Phi) is 11.5. The highest BCUT2D eigenvalue weighted by Gasteiger charge is 2.51. The van der Waals surface area contributed by atoms with Gasteiger partial charge >= 0.3 is 18.1 Å². The number of alkyl halides is 3. The highest BCUT2D eigenvalue weighted by atomic mass is 32.1. The van der Waals surface area contributed by atoms with Crippen molar-refractivity contribution in [3.63, 3.8) is 0 Å². The van der Waals surface area contributed by atoms with Gasteiger partial charge in [-0.05, 0) is 79.2 Å². The van der Waals surface area contributed by atoms with Gasteiger partial charge in [-0.1, -0.05) is 36.4 Å². The first kappa shape index (κ1) is 35.0. The molecule has 1 aliphatic carbocycles. The average Bonchev–Trinajstić information content (AvgIpc) is 3.65. The zero-order valence-electron chi connectivity index (χ0n) is 25.6. The second-order valence-electron chi connectivity index (χ2n) is 11.0. The Bertz CT molecular complexity index is 1520. The third-order valence-electron chi connectivity index (χ3n) is 8.42. The molecule has 1 aliphatic heterocycles. The van der Waals surface area contributed by atoms with Crippen LogP contribution in [-0.4, -0.2) is 73.2 Å². The number of hydrogen-bond acceptors (Lipinski definition) is 8. The normalized spacial score (nSPS) is 20.8. The van der Waals surface area contributed by atoms with E-state index in [1.807, 2.05) is 17.5 Å². The number of carboxylic acid groups (broad SMARTS) is 1. The molecule has 46 heavy (non-hydrogen) atoms. The molecule has 0 radical (unpaired) electrons.